The zero-order chi connectivity index (χ0) is 50.0. The van der Waals surface area contributed by atoms with Crippen LogP contribution in [-0.4, -0.2) is 37.2 Å². The number of hydrogen-bond acceptors (Lipinski definition) is 6. The van der Waals surface area contributed by atoms with Crippen molar-refractivity contribution in [2.24, 2.45) is 0 Å². The van der Waals surface area contributed by atoms with Gasteiger partial charge in [-0.25, -0.2) is 0 Å². The average molecular weight is 964 g/mol. The van der Waals surface area contributed by atoms with Crippen molar-refractivity contribution in [3.63, 3.8) is 0 Å². The van der Waals surface area contributed by atoms with E-state index in [2.05, 4.69) is 93.7 Å². The van der Waals surface area contributed by atoms with E-state index in [9.17, 15) is 14.4 Å². The molecule has 0 aliphatic rings. The number of esters is 3. The van der Waals surface area contributed by atoms with E-state index in [1.165, 1.54) is 148 Å². The molecule has 0 saturated heterocycles. The first kappa shape index (κ1) is 65.8. The third kappa shape index (κ3) is 55.6. The summed E-state index contributed by atoms with van der Waals surface area (Å²) in [5.74, 6) is -0.884. The van der Waals surface area contributed by atoms with E-state index in [0.717, 1.165) is 103 Å². The molecule has 0 saturated carbocycles. The van der Waals surface area contributed by atoms with Crippen LogP contribution in [0.5, 0.6) is 0 Å². The van der Waals surface area contributed by atoms with Crippen LogP contribution in [0, 0.1) is 0 Å². The fourth-order valence-corrected chi connectivity index (χ4v) is 8.29. The molecule has 0 amide bonds. The highest BCUT2D eigenvalue weighted by Crippen LogP contribution is 2.16. The minimum absolute atomic E-state index is 0.0787. The molecule has 1 unspecified atom stereocenters. The smallest absolute Gasteiger partial charge is 0.306 e. The van der Waals surface area contributed by atoms with Crippen molar-refractivity contribution >= 4 is 17.9 Å². The Balaban J connectivity index is 4.37. The second-order valence-corrected chi connectivity index (χ2v) is 19.5. The lowest BCUT2D eigenvalue weighted by atomic mass is 10.0. The lowest BCUT2D eigenvalue weighted by Gasteiger charge is -2.18. The summed E-state index contributed by atoms with van der Waals surface area (Å²) in [5, 5.41) is 0. The molecule has 0 heterocycles. The Hall–Kier alpha value is -3.15. The molecular weight excluding hydrogens is 853 g/mol. The number of allylic oxidation sites excluding steroid dienone is 12. The van der Waals surface area contributed by atoms with Gasteiger partial charge in [-0.15, -0.1) is 0 Å². The van der Waals surface area contributed by atoms with E-state index >= 15 is 0 Å². The van der Waals surface area contributed by atoms with Crippen LogP contribution < -0.4 is 0 Å². The summed E-state index contributed by atoms with van der Waals surface area (Å²) >= 11 is 0. The number of ether oxygens (including phenoxy) is 3. The third-order valence-corrected chi connectivity index (χ3v) is 12.7. The third-order valence-electron chi connectivity index (χ3n) is 12.7. The van der Waals surface area contributed by atoms with E-state index in [1.807, 2.05) is 0 Å². The van der Waals surface area contributed by atoms with Gasteiger partial charge in [-0.3, -0.25) is 14.4 Å². The predicted molar refractivity (Wildman–Crippen MR) is 298 cm³/mol. The van der Waals surface area contributed by atoms with Gasteiger partial charge in [-0.1, -0.05) is 254 Å². The van der Waals surface area contributed by atoms with Crippen LogP contribution in [0.1, 0.15) is 290 Å². The molecule has 0 spiro atoms. The molecule has 0 aromatic rings. The minimum Gasteiger partial charge on any atom is -0.462 e. The number of rotatable bonds is 53. The maximum Gasteiger partial charge on any atom is 0.306 e. The summed E-state index contributed by atoms with van der Waals surface area (Å²) in [7, 11) is 0. The van der Waals surface area contributed by atoms with Gasteiger partial charge in [0.1, 0.15) is 13.2 Å². The Morgan fingerprint density at radius 1 is 0.304 bits per heavy atom. The topological polar surface area (TPSA) is 78.9 Å². The van der Waals surface area contributed by atoms with Crippen molar-refractivity contribution in [3.8, 4) is 0 Å². The molecular formula is C63H110O6. The molecule has 0 aromatic heterocycles. The molecule has 0 rings (SSSR count). The van der Waals surface area contributed by atoms with Gasteiger partial charge in [0.15, 0.2) is 6.10 Å². The van der Waals surface area contributed by atoms with Crippen molar-refractivity contribution in [3.05, 3.63) is 72.9 Å². The van der Waals surface area contributed by atoms with Gasteiger partial charge < -0.3 is 14.2 Å². The molecule has 0 aromatic carbocycles. The monoisotopic (exact) mass is 963 g/mol. The van der Waals surface area contributed by atoms with Gasteiger partial charge in [0.25, 0.3) is 0 Å². The maximum atomic E-state index is 12.9. The van der Waals surface area contributed by atoms with E-state index < -0.39 is 6.10 Å². The van der Waals surface area contributed by atoms with Crippen molar-refractivity contribution in [2.45, 2.75) is 297 Å². The van der Waals surface area contributed by atoms with Gasteiger partial charge >= 0.3 is 17.9 Å². The van der Waals surface area contributed by atoms with Gasteiger partial charge in [0, 0.05) is 19.3 Å². The molecule has 69 heavy (non-hydrogen) atoms. The standard InChI is InChI=1S/C63H110O6/c1-4-7-10-13-16-19-22-25-27-29-30-31-32-34-35-38-41-44-47-50-53-56-62(65)68-59-60(58-67-61(64)55-52-49-46-43-40-37-24-21-18-15-12-9-6-3)69-63(66)57-54-51-48-45-42-39-36-33-28-26-23-20-17-14-11-8-5-2/h7,10,16-17,19-20,25-28,30-31,60H,4-6,8-9,11-15,18,21-24,29,32-59H2,1-3H3/b10-7-,19-16-,20-17-,27-25-,28-26-,31-30-. The fraction of sp³-hybridized carbons (Fsp3) is 0.762. The highest BCUT2D eigenvalue weighted by Gasteiger charge is 2.19. The predicted octanol–water partition coefficient (Wildman–Crippen LogP) is 19.8. The second-order valence-electron chi connectivity index (χ2n) is 19.5. The summed E-state index contributed by atoms with van der Waals surface area (Å²) in [6, 6.07) is 0. The zero-order valence-corrected chi connectivity index (χ0v) is 45.6. The summed E-state index contributed by atoms with van der Waals surface area (Å²) in [6.45, 7) is 6.51. The second kappa shape index (κ2) is 57.4. The molecule has 1 atom stereocenters. The van der Waals surface area contributed by atoms with E-state index in [0.29, 0.717) is 19.3 Å². The quantitative estimate of drug-likeness (QED) is 0.0262. The molecule has 0 aliphatic heterocycles. The maximum absolute atomic E-state index is 12.9. The lowest BCUT2D eigenvalue weighted by Crippen LogP contribution is -2.30. The van der Waals surface area contributed by atoms with Crippen molar-refractivity contribution < 1.29 is 28.6 Å². The molecule has 0 aliphatic carbocycles. The number of unbranched alkanes of at least 4 members (excludes halogenated alkanes) is 30. The first-order valence-electron chi connectivity index (χ1n) is 29.4. The van der Waals surface area contributed by atoms with E-state index in [4.69, 9.17) is 14.2 Å². The number of hydrogen-bond donors (Lipinski definition) is 0. The van der Waals surface area contributed by atoms with Crippen molar-refractivity contribution in [1.29, 1.82) is 0 Å². The minimum atomic E-state index is -0.782. The largest absolute Gasteiger partial charge is 0.462 e. The Labute approximate surface area is 427 Å². The summed E-state index contributed by atoms with van der Waals surface area (Å²) in [4.78, 5) is 38.2. The van der Waals surface area contributed by atoms with Crippen LogP contribution in [0.4, 0.5) is 0 Å². The average Bonchev–Trinajstić information content (AvgIpc) is 3.35. The number of carbonyl (C=O) groups is 3. The molecule has 398 valence electrons. The van der Waals surface area contributed by atoms with Crippen LogP contribution in [0.2, 0.25) is 0 Å². The lowest BCUT2D eigenvalue weighted by molar-refractivity contribution is -0.167. The Kier molecular flexibility index (Phi) is 54.8. The van der Waals surface area contributed by atoms with Crippen molar-refractivity contribution in [2.75, 3.05) is 13.2 Å². The molecule has 0 radical (unpaired) electrons. The Bertz CT molecular complexity index is 1290. The van der Waals surface area contributed by atoms with Crippen LogP contribution in [0.3, 0.4) is 0 Å². The van der Waals surface area contributed by atoms with Gasteiger partial charge in [-0.2, -0.15) is 0 Å². The van der Waals surface area contributed by atoms with Crippen LogP contribution in [0.15, 0.2) is 72.9 Å². The highest BCUT2D eigenvalue weighted by atomic mass is 16.6. The molecule has 6 heteroatoms. The van der Waals surface area contributed by atoms with Crippen molar-refractivity contribution in [1.82, 2.24) is 0 Å². The Morgan fingerprint density at radius 2 is 0.565 bits per heavy atom. The van der Waals surface area contributed by atoms with Gasteiger partial charge in [-0.05, 0) is 89.9 Å². The fourth-order valence-electron chi connectivity index (χ4n) is 8.29. The van der Waals surface area contributed by atoms with Gasteiger partial charge in [0.2, 0.25) is 0 Å². The van der Waals surface area contributed by atoms with Crippen LogP contribution >= 0.6 is 0 Å². The van der Waals surface area contributed by atoms with E-state index in [-0.39, 0.29) is 31.1 Å². The first-order chi connectivity index (χ1) is 34.0. The molecule has 0 bridgehead atoms. The molecule has 0 fully saturated rings. The van der Waals surface area contributed by atoms with Gasteiger partial charge in [0.05, 0.1) is 0 Å². The molecule has 6 nitrogen and oxygen atoms in total. The first-order valence-corrected chi connectivity index (χ1v) is 29.4. The number of carbonyl (C=O) groups excluding carboxylic acids is 3. The zero-order valence-electron chi connectivity index (χ0n) is 45.6. The summed E-state index contributed by atoms with van der Waals surface area (Å²) in [6.07, 6.45) is 73.1. The molecule has 0 N–H and O–H groups in total. The van der Waals surface area contributed by atoms with Crippen LogP contribution in [0.25, 0.3) is 0 Å². The normalized spacial score (nSPS) is 12.6. The van der Waals surface area contributed by atoms with Crippen LogP contribution in [-0.2, 0) is 28.6 Å². The summed E-state index contributed by atoms with van der Waals surface area (Å²) < 4.78 is 16.9. The summed E-state index contributed by atoms with van der Waals surface area (Å²) in [5.41, 5.74) is 0. The highest BCUT2D eigenvalue weighted by molar-refractivity contribution is 5.71. The Morgan fingerprint density at radius 3 is 0.913 bits per heavy atom. The SMILES string of the molecule is CC/C=C\C/C=C\C/C=C\C/C=C\CCCCCCCCCCC(=O)OCC(COC(=O)CCCCCCCCCCCCCCC)OC(=O)CCCCCCCCC/C=C\C/C=C\CCCCC. The van der Waals surface area contributed by atoms with E-state index in [1.54, 1.807) is 0 Å².